The van der Waals surface area contributed by atoms with Crippen molar-refractivity contribution in [2.75, 3.05) is 52.7 Å². The van der Waals surface area contributed by atoms with Crippen LogP contribution in [0.5, 0.6) is 0 Å². The van der Waals surface area contributed by atoms with E-state index >= 15 is 0 Å². The van der Waals surface area contributed by atoms with Gasteiger partial charge >= 0.3 is 6.03 Å². The smallest absolute Gasteiger partial charge is 0.314 e. The Morgan fingerprint density at radius 1 is 0.875 bits per heavy atom. The van der Waals surface area contributed by atoms with Crippen molar-refractivity contribution in [3.63, 3.8) is 0 Å². The van der Waals surface area contributed by atoms with Crippen molar-refractivity contribution in [1.29, 1.82) is 0 Å². The number of carbonyl (C=O) groups excluding carboxylic acids is 1. The maximum Gasteiger partial charge on any atom is 0.314 e. The van der Waals surface area contributed by atoms with Gasteiger partial charge in [0.25, 0.3) is 0 Å². The van der Waals surface area contributed by atoms with Crippen molar-refractivity contribution in [3.8, 4) is 0 Å². The first-order valence-corrected chi connectivity index (χ1v) is 5.20. The standard InChI is InChI=1S/C9H20N2O5/c12-3-7-15-5-1-10-9(14)11-2-6-16-8-4-13/h12-13H,1-8H2,(H2,10,11,14). The summed E-state index contributed by atoms with van der Waals surface area (Å²) in [4.78, 5) is 11.1. The lowest BCUT2D eigenvalue weighted by molar-refractivity contribution is 0.0923. The van der Waals surface area contributed by atoms with Crippen LogP contribution >= 0.6 is 0 Å². The fraction of sp³-hybridized carbons (Fsp3) is 0.889. The molecule has 0 aromatic carbocycles. The van der Waals surface area contributed by atoms with Crippen LogP contribution in [0.3, 0.4) is 0 Å². The van der Waals surface area contributed by atoms with E-state index in [0.29, 0.717) is 26.3 Å². The first-order chi connectivity index (χ1) is 7.81. The van der Waals surface area contributed by atoms with Crippen LogP contribution in [0.1, 0.15) is 0 Å². The Labute approximate surface area is 94.7 Å². The molecule has 7 nitrogen and oxygen atoms in total. The zero-order valence-electron chi connectivity index (χ0n) is 9.28. The lowest BCUT2D eigenvalue weighted by Crippen LogP contribution is -2.39. The summed E-state index contributed by atoms with van der Waals surface area (Å²) >= 11 is 0. The van der Waals surface area contributed by atoms with Gasteiger partial charge < -0.3 is 30.3 Å². The van der Waals surface area contributed by atoms with Crippen LogP contribution in [-0.2, 0) is 9.47 Å². The molecule has 0 radical (unpaired) electrons. The Bertz CT molecular complexity index is 152. The van der Waals surface area contributed by atoms with Crippen LogP contribution < -0.4 is 10.6 Å². The highest BCUT2D eigenvalue weighted by atomic mass is 16.5. The second kappa shape index (κ2) is 12.2. The number of ether oxygens (including phenoxy) is 2. The number of hydrogen-bond acceptors (Lipinski definition) is 5. The minimum atomic E-state index is -0.291. The third-order valence-corrected chi connectivity index (χ3v) is 1.54. The summed E-state index contributed by atoms with van der Waals surface area (Å²) < 4.78 is 9.89. The molecule has 0 fully saturated rings. The summed E-state index contributed by atoms with van der Waals surface area (Å²) in [6, 6.07) is -0.291. The van der Waals surface area contributed by atoms with Crippen LogP contribution in [-0.4, -0.2) is 69.0 Å². The fourth-order valence-electron chi connectivity index (χ4n) is 0.869. The normalized spacial score (nSPS) is 10.1. The Hall–Kier alpha value is -0.890. The lowest BCUT2D eigenvalue weighted by atomic mass is 10.6. The maximum atomic E-state index is 11.1. The number of carbonyl (C=O) groups is 1. The lowest BCUT2D eigenvalue weighted by Gasteiger charge is -2.07. The van der Waals surface area contributed by atoms with Crippen LogP contribution in [0.15, 0.2) is 0 Å². The van der Waals surface area contributed by atoms with Gasteiger partial charge in [-0.25, -0.2) is 4.79 Å². The second-order valence-corrected chi connectivity index (χ2v) is 2.85. The van der Waals surface area contributed by atoms with Gasteiger partial charge in [0.2, 0.25) is 0 Å². The van der Waals surface area contributed by atoms with Crippen molar-refractivity contribution in [2.45, 2.75) is 0 Å². The zero-order chi connectivity index (χ0) is 12.1. The van der Waals surface area contributed by atoms with Gasteiger partial charge in [-0.05, 0) is 0 Å². The van der Waals surface area contributed by atoms with Gasteiger partial charge in [-0.15, -0.1) is 0 Å². The van der Waals surface area contributed by atoms with Crippen molar-refractivity contribution >= 4 is 6.03 Å². The van der Waals surface area contributed by atoms with Gasteiger partial charge in [0.15, 0.2) is 0 Å². The molecule has 2 amide bonds. The van der Waals surface area contributed by atoms with E-state index in [9.17, 15) is 4.79 Å². The molecule has 0 heterocycles. The van der Waals surface area contributed by atoms with Crippen LogP contribution in [0.25, 0.3) is 0 Å². The number of rotatable bonds is 10. The molecule has 0 aromatic rings. The minimum absolute atomic E-state index is 0.0195. The molecule has 0 saturated heterocycles. The summed E-state index contributed by atoms with van der Waals surface area (Å²) in [5.41, 5.74) is 0. The summed E-state index contributed by atoms with van der Waals surface area (Å²) in [5.74, 6) is 0. The molecule has 16 heavy (non-hydrogen) atoms. The van der Waals surface area contributed by atoms with E-state index in [0.717, 1.165) is 0 Å². The highest BCUT2D eigenvalue weighted by molar-refractivity contribution is 5.73. The second-order valence-electron chi connectivity index (χ2n) is 2.85. The van der Waals surface area contributed by atoms with E-state index in [1.807, 2.05) is 0 Å². The molecular formula is C9H20N2O5. The number of nitrogens with one attached hydrogen (secondary N) is 2. The van der Waals surface area contributed by atoms with E-state index in [4.69, 9.17) is 19.7 Å². The van der Waals surface area contributed by atoms with Gasteiger partial charge in [0.05, 0.1) is 39.6 Å². The Morgan fingerprint density at radius 3 is 1.69 bits per heavy atom. The van der Waals surface area contributed by atoms with E-state index in [-0.39, 0.29) is 32.5 Å². The van der Waals surface area contributed by atoms with Crippen LogP contribution in [0, 0.1) is 0 Å². The van der Waals surface area contributed by atoms with Gasteiger partial charge in [-0.1, -0.05) is 0 Å². The molecule has 0 bridgehead atoms. The maximum absolute atomic E-state index is 11.1. The monoisotopic (exact) mass is 236 g/mol. The molecule has 7 heteroatoms. The summed E-state index contributed by atoms with van der Waals surface area (Å²) in [6.07, 6.45) is 0. The Balaban J connectivity index is 3.12. The zero-order valence-corrected chi connectivity index (χ0v) is 9.28. The van der Waals surface area contributed by atoms with Crippen LogP contribution in [0.2, 0.25) is 0 Å². The van der Waals surface area contributed by atoms with E-state index in [1.54, 1.807) is 0 Å². The molecule has 0 aromatic heterocycles. The predicted octanol–water partition coefficient (Wildman–Crippen LogP) is -1.70. The molecule has 0 atom stereocenters. The molecule has 0 spiro atoms. The summed E-state index contributed by atoms with van der Waals surface area (Å²) in [5, 5.41) is 22.0. The minimum Gasteiger partial charge on any atom is -0.394 e. The third kappa shape index (κ3) is 11.2. The SMILES string of the molecule is O=C(NCCOCCO)NCCOCCO. The van der Waals surface area contributed by atoms with Gasteiger partial charge in [-0.2, -0.15) is 0 Å². The first kappa shape index (κ1) is 15.1. The number of aliphatic hydroxyl groups excluding tert-OH is 2. The van der Waals surface area contributed by atoms with Gasteiger partial charge in [-0.3, -0.25) is 0 Å². The predicted molar refractivity (Wildman–Crippen MR) is 57.2 cm³/mol. The van der Waals surface area contributed by atoms with E-state index in [1.165, 1.54) is 0 Å². The highest BCUT2D eigenvalue weighted by Gasteiger charge is 1.97. The number of hydrogen-bond donors (Lipinski definition) is 4. The Morgan fingerprint density at radius 2 is 1.31 bits per heavy atom. The molecule has 0 unspecified atom stereocenters. The molecular weight excluding hydrogens is 216 g/mol. The molecule has 96 valence electrons. The van der Waals surface area contributed by atoms with Gasteiger partial charge in [0, 0.05) is 13.1 Å². The van der Waals surface area contributed by atoms with Crippen molar-refractivity contribution in [1.82, 2.24) is 10.6 Å². The van der Waals surface area contributed by atoms with Crippen LogP contribution in [0.4, 0.5) is 4.79 Å². The topological polar surface area (TPSA) is 100 Å². The number of amides is 2. The van der Waals surface area contributed by atoms with E-state index in [2.05, 4.69) is 10.6 Å². The average molecular weight is 236 g/mol. The third-order valence-electron chi connectivity index (χ3n) is 1.54. The van der Waals surface area contributed by atoms with Crippen molar-refractivity contribution in [3.05, 3.63) is 0 Å². The fourth-order valence-corrected chi connectivity index (χ4v) is 0.869. The largest absolute Gasteiger partial charge is 0.394 e. The van der Waals surface area contributed by atoms with E-state index < -0.39 is 0 Å². The van der Waals surface area contributed by atoms with Gasteiger partial charge in [0.1, 0.15) is 0 Å². The molecule has 0 aliphatic carbocycles. The average Bonchev–Trinajstić information content (AvgIpc) is 2.28. The molecule has 0 rings (SSSR count). The first-order valence-electron chi connectivity index (χ1n) is 5.20. The summed E-state index contributed by atoms with van der Waals surface area (Å²) in [6.45, 7) is 2.04. The number of aliphatic hydroxyl groups is 2. The molecule has 0 saturated carbocycles. The quantitative estimate of drug-likeness (QED) is 0.339. The van der Waals surface area contributed by atoms with Crippen molar-refractivity contribution < 1.29 is 24.5 Å². The number of urea groups is 1. The van der Waals surface area contributed by atoms with Crippen molar-refractivity contribution in [2.24, 2.45) is 0 Å². The Kier molecular flexibility index (Phi) is 11.5. The summed E-state index contributed by atoms with van der Waals surface area (Å²) in [7, 11) is 0. The molecule has 0 aliphatic rings. The molecule has 0 aliphatic heterocycles. The molecule has 4 N–H and O–H groups in total. The highest BCUT2D eigenvalue weighted by Crippen LogP contribution is 1.74.